The van der Waals surface area contributed by atoms with Crippen molar-refractivity contribution in [2.45, 2.75) is 38.6 Å². The number of hydrogen-bond donors (Lipinski definition) is 1. The molecule has 3 rings (SSSR count). The van der Waals surface area contributed by atoms with Crippen molar-refractivity contribution in [2.75, 3.05) is 13.1 Å². The Labute approximate surface area is 135 Å². The number of halogens is 1. The van der Waals surface area contributed by atoms with Gasteiger partial charge in [-0.05, 0) is 36.4 Å². The van der Waals surface area contributed by atoms with Crippen LogP contribution in [0, 0.1) is 6.92 Å². The summed E-state index contributed by atoms with van der Waals surface area (Å²) in [4.78, 5) is 7.95. The van der Waals surface area contributed by atoms with Crippen molar-refractivity contribution in [1.82, 2.24) is 15.2 Å². The maximum absolute atomic E-state index is 13.8. The predicted molar refractivity (Wildman–Crippen MR) is 88.7 cm³/mol. The minimum Gasteiger partial charge on any atom is -0.310 e. The van der Waals surface area contributed by atoms with Gasteiger partial charge in [0.1, 0.15) is 6.17 Å². The molecule has 3 nitrogen and oxygen atoms in total. The van der Waals surface area contributed by atoms with Gasteiger partial charge in [0.05, 0.1) is 5.69 Å². The molecule has 2 atom stereocenters. The number of aryl methyl sites for hydroxylation is 1. The first-order chi connectivity index (χ1) is 10.7. The zero-order valence-corrected chi connectivity index (χ0v) is 13.7. The van der Waals surface area contributed by atoms with Gasteiger partial charge in [-0.25, -0.2) is 4.39 Å². The molecular weight excluding hydrogens is 297 g/mol. The van der Waals surface area contributed by atoms with Crippen molar-refractivity contribution >= 4 is 11.3 Å². The van der Waals surface area contributed by atoms with E-state index >= 15 is 0 Å². The van der Waals surface area contributed by atoms with E-state index in [1.807, 2.05) is 19.2 Å². The minimum atomic E-state index is -0.704. The van der Waals surface area contributed by atoms with Crippen molar-refractivity contribution in [1.29, 1.82) is 0 Å². The zero-order valence-electron chi connectivity index (χ0n) is 12.8. The number of nitrogens with one attached hydrogen (secondary N) is 1. The highest BCUT2D eigenvalue weighted by atomic mass is 32.1. The number of pyridine rings is 1. The summed E-state index contributed by atoms with van der Waals surface area (Å²) in [7, 11) is 0. The van der Waals surface area contributed by atoms with Crippen molar-refractivity contribution in [3.63, 3.8) is 0 Å². The van der Waals surface area contributed by atoms with E-state index in [1.165, 1.54) is 10.4 Å². The first-order valence-corrected chi connectivity index (χ1v) is 8.61. The van der Waals surface area contributed by atoms with Crippen LogP contribution in [0.15, 0.2) is 35.8 Å². The van der Waals surface area contributed by atoms with Gasteiger partial charge in [0.25, 0.3) is 0 Å². The molecule has 2 aromatic rings. The van der Waals surface area contributed by atoms with E-state index in [0.29, 0.717) is 13.0 Å². The van der Waals surface area contributed by atoms with Gasteiger partial charge >= 0.3 is 0 Å². The van der Waals surface area contributed by atoms with E-state index in [1.54, 1.807) is 11.3 Å². The summed E-state index contributed by atoms with van der Waals surface area (Å²) in [5.41, 5.74) is 2.20. The van der Waals surface area contributed by atoms with E-state index in [4.69, 9.17) is 0 Å². The second-order valence-electron chi connectivity index (χ2n) is 5.95. The summed E-state index contributed by atoms with van der Waals surface area (Å²) < 4.78 is 13.8. The van der Waals surface area contributed by atoms with Crippen LogP contribution in [0.2, 0.25) is 0 Å². The molecule has 0 aromatic carbocycles. The van der Waals surface area contributed by atoms with E-state index in [0.717, 1.165) is 25.3 Å². The highest BCUT2D eigenvalue weighted by Crippen LogP contribution is 2.23. The summed E-state index contributed by atoms with van der Waals surface area (Å²) in [5.74, 6) is 0. The molecule has 1 N–H and O–H groups in total. The molecule has 2 aromatic heterocycles. The maximum Gasteiger partial charge on any atom is 0.114 e. The van der Waals surface area contributed by atoms with E-state index in [9.17, 15) is 4.39 Å². The number of hydrogen-bond acceptors (Lipinski definition) is 4. The van der Waals surface area contributed by atoms with Crippen LogP contribution in [0.3, 0.4) is 0 Å². The summed E-state index contributed by atoms with van der Waals surface area (Å²) >= 11 is 1.74. The van der Waals surface area contributed by atoms with Crippen molar-refractivity contribution in [3.05, 3.63) is 52.0 Å². The van der Waals surface area contributed by atoms with Crippen LogP contribution in [0.1, 0.15) is 22.6 Å². The van der Waals surface area contributed by atoms with Crippen molar-refractivity contribution < 1.29 is 4.39 Å². The molecule has 0 spiro atoms. The van der Waals surface area contributed by atoms with Crippen LogP contribution in [-0.2, 0) is 13.1 Å². The fourth-order valence-corrected chi connectivity index (χ4v) is 3.63. The Morgan fingerprint density at radius 2 is 2.32 bits per heavy atom. The van der Waals surface area contributed by atoms with E-state index in [-0.39, 0.29) is 6.04 Å². The fourth-order valence-electron chi connectivity index (χ4n) is 2.90. The zero-order chi connectivity index (χ0) is 15.4. The Hall–Kier alpha value is -1.30. The largest absolute Gasteiger partial charge is 0.310 e. The van der Waals surface area contributed by atoms with Crippen LogP contribution in [0.5, 0.6) is 0 Å². The van der Waals surface area contributed by atoms with Crippen LogP contribution < -0.4 is 5.32 Å². The molecular formula is C17H22FN3S. The number of aromatic nitrogens is 1. The SMILES string of the molecule is Cc1ccc(CNC[C@@H]2C[C@H](F)CN2Cc2cccs2)nc1. The molecule has 0 unspecified atom stereocenters. The van der Waals surface area contributed by atoms with Gasteiger partial charge in [-0.15, -0.1) is 11.3 Å². The van der Waals surface area contributed by atoms with Crippen molar-refractivity contribution in [3.8, 4) is 0 Å². The molecule has 1 aliphatic rings. The molecule has 5 heteroatoms. The Morgan fingerprint density at radius 1 is 1.41 bits per heavy atom. The molecule has 0 radical (unpaired) electrons. The predicted octanol–water partition coefficient (Wildman–Crippen LogP) is 3.15. The molecule has 0 aliphatic carbocycles. The number of likely N-dealkylation sites (tertiary alicyclic amines) is 1. The van der Waals surface area contributed by atoms with Crippen LogP contribution >= 0.6 is 11.3 Å². The highest BCUT2D eigenvalue weighted by molar-refractivity contribution is 7.09. The van der Waals surface area contributed by atoms with Gasteiger partial charge in [0.15, 0.2) is 0 Å². The molecule has 1 saturated heterocycles. The second kappa shape index (κ2) is 7.31. The molecule has 3 heterocycles. The molecule has 22 heavy (non-hydrogen) atoms. The van der Waals surface area contributed by atoms with Crippen LogP contribution in [0.4, 0.5) is 4.39 Å². The lowest BCUT2D eigenvalue weighted by atomic mass is 10.2. The summed E-state index contributed by atoms with van der Waals surface area (Å²) in [6.45, 7) is 4.98. The summed E-state index contributed by atoms with van der Waals surface area (Å²) in [5, 5.41) is 5.50. The second-order valence-corrected chi connectivity index (χ2v) is 6.99. The smallest absolute Gasteiger partial charge is 0.114 e. The highest BCUT2D eigenvalue weighted by Gasteiger charge is 2.31. The van der Waals surface area contributed by atoms with E-state index in [2.05, 4.69) is 38.8 Å². The van der Waals surface area contributed by atoms with Gasteiger partial charge < -0.3 is 5.32 Å². The Bertz CT molecular complexity index is 570. The lowest BCUT2D eigenvalue weighted by molar-refractivity contribution is 0.232. The minimum absolute atomic E-state index is 0.266. The Morgan fingerprint density at radius 3 is 3.05 bits per heavy atom. The number of alkyl halides is 1. The first kappa shape index (κ1) is 15.6. The molecule has 1 fully saturated rings. The molecule has 0 amide bonds. The number of thiophene rings is 1. The third-order valence-corrected chi connectivity index (χ3v) is 4.94. The topological polar surface area (TPSA) is 28.2 Å². The molecule has 1 aliphatic heterocycles. The Balaban J connectivity index is 1.50. The van der Waals surface area contributed by atoms with E-state index < -0.39 is 6.17 Å². The average Bonchev–Trinajstić information content (AvgIpc) is 3.12. The monoisotopic (exact) mass is 319 g/mol. The average molecular weight is 319 g/mol. The van der Waals surface area contributed by atoms with Crippen LogP contribution in [0.25, 0.3) is 0 Å². The first-order valence-electron chi connectivity index (χ1n) is 7.73. The van der Waals surface area contributed by atoms with Gasteiger partial charge in [-0.3, -0.25) is 9.88 Å². The molecule has 0 saturated carbocycles. The molecule has 0 bridgehead atoms. The lowest BCUT2D eigenvalue weighted by Gasteiger charge is -2.23. The normalized spacial score (nSPS) is 22.3. The van der Waals surface area contributed by atoms with Gasteiger partial charge in [0, 0.05) is 43.3 Å². The van der Waals surface area contributed by atoms with Gasteiger partial charge in [-0.2, -0.15) is 0 Å². The van der Waals surface area contributed by atoms with Crippen LogP contribution in [-0.4, -0.2) is 35.2 Å². The summed E-state index contributed by atoms with van der Waals surface area (Å²) in [6.07, 6.45) is 1.80. The third kappa shape index (κ3) is 4.12. The maximum atomic E-state index is 13.8. The Kier molecular flexibility index (Phi) is 5.18. The van der Waals surface area contributed by atoms with Gasteiger partial charge in [-0.1, -0.05) is 12.1 Å². The number of rotatable bonds is 6. The standard InChI is InChI=1S/C17H22FN3S/c1-13-4-5-15(20-8-13)9-19-10-16-7-14(18)11-21(16)12-17-3-2-6-22-17/h2-6,8,14,16,19H,7,9-12H2,1H3/t14-,16-/m0/s1. The van der Waals surface area contributed by atoms with Crippen molar-refractivity contribution in [2.24, 2.45) is 0 Å². The number of nitrogens with zero attached hydrogens (tertiary/aromatic N) is 2. The molecule has 118 valence electrons. The van der Waals surface area contributed by atoms with Gasteiger partial charge in [0.2, 0.25) is 0 Å². The summed E-state index contributed by atoms with van der Waals surface area (Å²) in [6, 6.07) is 8.55. The lowest BCUT2D eigenvalue weighted by Crippen LogP contribution is -2.37. The third-order valence-electron chi connectivity index (χ3n) is 4.07. The quantitative estimate of drug-likeness (QED) is 0.886. The fraction of sp³-hybridized carbons (Fsp3) is 0.471.